The summed E-state index contributed by atoms with van der Waals surface area (Å²) in [6, 6.07) is 8.93. The van der Waals surface area contributed by atoms with Crippen molar-refractivity contribution >= 4 is 10.8 Å². The van der Waals surface area contributed by atoms with E-state index in [2.05, 4.69) is 52.0 Å². The van der Waals surface area contributed by atoms with Crippen molar-refractivity contribution in [1.82, 2.24) is 0 Å². The van der Waals surface area contributed by atoms with Gasteiger partial charge in [-0.25, -0.2) is 0 Å². The highest BCUT2D eigenvalue weighted by atomic mass is 16.6. The Morgan fingerprint density at radius 1 is 0.643 bits per heavy atom. The average molecular weight is 387 g/mol. The van der Waals surface area contributed by atoms with Crippen molar-refractivity contribution in [2.24, 2.45) is 0 Å². The molecular weight excluding hydrogens is 352 g/mol. The lowest BCUT2D eigenvalue weighted by Crippen LogP contribution is -2.15. The Balaban J connectivity index is 2.03. The molecule has 0 aliphatic carbocycles. The quantitative estimate of drug-likeness (QED) is 0.678. The summed E-state index contributed by atoms with van der Waals surface area (Å²) in [7, 11) is 0. The van der Waals surface area contributed by atoms with Crippen LogP contribution in [0.2, 0.25) is 0 Å². The summed E-state index contributed by atoms with van der Waals surface area (Å²) in [5.41, 5.74) is 2.91. The first-order chi connectivity index (χ1) is 13.6. The molecule has 0 radical (unpaired) electrons. The molecule has 2 aromatic carbocycles. The summed E-state index contributed by atoms with van der Waals surface area (Å²) in [5, 5.41) is 2.41. The number of benzene rings is 2. The highest BCUT2D eigenvalue weighted by Crippen LogP contribution is 2.38. The van der Waals surface area contributed by atoms with Crippen LogP contribution in [0.25, 0.3) is 10.8 Å². The molecule has 0 saturated carbocycles. The molecule has 0 bridgehead atoms. The smallest absolute Gasteiger partial charge is 0.161 e. The largest absolute Gasteiger partial charge is 0.487 e. The number of hydrogen-bond donors (Lipinski definition) is 0. The van der Waals surface area contributed by atoms with E-state index in [0.29, 0.717) is 51.5 Å². The van der Waals surface area contributed by atoms with Gasteiger partial charge in [-0.2, -0.15) is 0 Å². The molecule has 1 aliphatic heterocycles. The van der Waals surface area contributed by atoms with E-state index in [1.165, 1.54) is 21.9 Å². The van der Waals surface area contributed by atoms with Crippen LogP contribution in [-0.4, -0.2) is 39.6 Å². The van der Waals surface area contributed by atoms with E-state index >= 15 is 0 Å². The maximum absolute atomic E-state index is 6.00. The van der Waals surface area contributed by atoms with E-state index in [0.717, 1.165) is 24.3 Å². The highest BCUT2D eigenvalue weighted by molar-refractivity contribution is 5.88. The molecule has 4 heteroatoms. The van der Waals surface area contributed by atoms with E-state index in [-0.39, 0.29) is 0 Å². The van der Waals surface area contributed by atoms with Gasteiger partial charge >= 0.3 is 0 Å². The fourth-order valence-electron chi connectivity index (χ4n) is 3.61. The fraction of sp³-hybridized carbons (Fsp3) is 0.583. The van der Waals surface area contributed by atoms with Gasteiger partial charge in [0.1, 0.15) is 13.2 Å². The molecule has 2 atom stereocenters. The van der Waals surface area contributed by atoms with Crippen molar-refractivity contribution in [3.63, 3.8) is 0 Å². The fourth-order valence-corrected chi connectivity index (χ4v) is 3.61. The van der Waals surface area contributed by atoms with Gasteiger partial charge in [-0.05, 0) is 58.7 Å². The van der Waals surface area contributed by atoms with Gasteiger partial charge in [0, 0.05) is 0 Å². The van der Waals surface area contributed by atoms with Crippen LogP contribution >= 0.6 is 0 Å². The van der Waals surface area contributed by atoms with Gasteiger partial charge in [0.05, 0.1) is 26.4 Å². The van der Waals surface area contributed by atoms with Gasteiger partial charge < -0.3 is 18.9 Å². The van der Waals surface area contributed by atoms with E-state index in [1.807, 2.05) is 0 Å². The van der Waals surface area contributed by atoms with Crippen LogP contribution in [0.15, 0.2) is 24.3 Å². The summed E-state index contributed by atoms with van der Waals surface area (Å²) < 4.78 is 23.1. The molecule has 1 aliphatic rings. The van der Waals surface area contributed by atoms with Gasteiger partial charge in [0.2, 0.25) is 0 Å². The van der Waals surface area contributed by atoms with Crippen LogP contribution < -0.4 is 9.47 Å². The Kier molecular flexibility index (Phi) is 7.57. The number of rotatable bonds is 4. The second kappa shape index (κ2) is 10.1. The maximum atomic E-state index is 6.00. The molecule has 3 rings (SSSR count). The molecule has 2 unspecified atom stereocenters. The van der Waals surface area contributed by atoms with Gasteiger partial charge in [-0.1, -0.05) is 39.8 Å². The zero-order valence-corrected chi connectivity index (χ0v) is 17.8. The topological polar surface area (TPSA) is 36.9 Å². The van der Waals surface area contributed by atoms with Crippen molar-refractivity contribution < 1.29 is 18.9 Å². The molecule has 0 N–H and O–H groups in total. The van der Waals surface area contributed by atoms with E-state index in [9.17, 15) is 0 Å². The van der Waals surface area contributed by atoms with Crippen molar-refractivity contribution in [3.8, 4) is 11.5 Å². The first-order valence-corrected chi connectivity index (χ1v) is 10.7. The van der Waals surface area contributed by atoms with E-state index in [4.69, 9.17) is 18.9 Å². The molecule has 154 valence electrons. The highest BCUT2D eigenvalue weighted by Gasteiger charge is 2.17. The SMILES string of the molecule is CCC(C)c1cc2cc3c(cc2cc1C(C)CC)OCCOCCOCCO3. The predicted molar refractivity (Wildman–Crippen MR) is 114 cm³/mol. The molecule has 1 heterocycles. The van der Waals surface area contributed by atoms with Gasteiger partial charge in [0.15, 0.2) is 11.5 Å². The second-order valence-corrected chi connectivity index (χ2v) is 7.67. The predicted octanol–water partition coefficient (Wildman–Crippen LogP) is 5.67. The second-order valence-electron chi connectivity index (χ2n) is 7.67. The molecule has 4 nitrogen and oxygen atoms in total. The first-order valence-electron chi connectivity index (χ1n) is 10.7. The third kappa shape index (κ3) is 4.98. The minimum absolute atomic E-state index is 0.505. The van der Waals surface area contributed by atoms with Crippen LogP contribution in [0.4, 0.5) is 0 Å². The average Bonchev–Trinajstić information content (AvgIpc) is 2.71. The third-order valence-corrected chi connectivity index (χ3v) is 5.73. The Bertz CT molecular complexity index is 706. The van der Waals surface area contributed by atoms with E-state index in [1.54, 1.807) is 0 Å². The van der Waals surface area contributed by atoms with Crippen LogP contribution in [0.5, 0.6) is 11.5 Å². The summed E-state index contributed by atoms with van der Waals surface area (Å²) in [6.07, 6.45) is 2.27. The van der Waals surface area contributed by atoms with Gasteiger partial charge in [-0.15, -0.1) is 0 Å². The monoisotopic (exact) mass is 386 g/mol. The van der Waals surface area contributed by atoms with E-state index < -0.39 is 0 Å². The summed E-state index contributed by atoms with van der Waals surface area (Å²) in [6.45, 7) is 12.4. The lowest BCUT2D eigenvalue weighted by molar-refractivity contribution is 0.0224. The number of ether oxygens (including phenoxy) is 4. The Hall–Kier alpha value is -1.78. The number of hydrogen-bond acceptors (Lipinski definition) is 4. The molecule has 2 aromatic rings. The first kappa shape index (κ1) is 20.9. The molecule has 0 amide bonds. The lowest BCUT2D eigenvalue weighted by atomic mass is 9.84. The van der Waals surface area contributed by atoms with Crippen LogP contribution in [0, 0.1) is 0 Å². The summed E-state index contributed by atoms with van der Waals surface area (Å²) in [4.78, 5) is 0. The molecule has 0 saturated heterocycles. The molecule has 28 heavy (non-hydrogen) atoms. The normalized spacial score (nSPS) is 18.1. The maximum Gasteiger partial charge on any atom is 0.161 e. The standard InChI is InChI=1S/C24H34O4/c1-5-17(3)21-13-19-15-23-24(16-20(19)14-22(21)18(4)6-2)28-12-10-26-8-7-25-9-11-27-23/h13-18H,5-12H2,1-4H3. The molecular formula is C24H34O4. The molecule has 0 spiro atoms. The van der Waals surface area contributed by atoms with Crippen LogP contribution in [0.3, 0.4) is 0 Å². The zero-order valence-electron chi connectivity index (χ0n) is 17.8. The van der Waals surface area contributed by atoms with Crippen LogP contribution in [-0.2, 0) is 9.47 Å². The van der Waals surface area contributed by atoms with Gasteiger partial charge in [0.25, 0.3) is 0 Å². The number of fused-ring (bicyclic) bond motifs is 2. The minimum Gasteiger partial charge on any atom is -0.487 e. The van der Waals surface area contributed by atoms with Crippen molar-refractivity contribution in [3.05, 3.63) is 35.4 Å². The van der Waals surface area contributed by atoms with Crippen LogP contribution in [0.1, 0.15) is 63.5 Å². The summed E-state index contributed by atoms with van der Waals surface area (Å²) >= 11 is 0. The minimum atomic E-state index is 0.505. The van der Waals surface area contributed by atoms with Crippen molar-refractivity contribution in [2.45, 2.75) is 52.4 Å². The molecule has 0 aromatic heterocycles. The third-order valence-electron chi connectivity index (χ3n) is 5.73. The van der Waals surface area contributed by atoms with Crippen molar-refractivity contribution in [1.29, 1.82) is 0 Å². The van der Waals surface area contributed by atoms with Crippen molar-refractivity contribution in [2.75, 3.05) is 39.6 Å². The zero-order chi connectivity index (χ0) is 19.9. The Morgan fingerprint density at radius 2 is 1.04 bits per heavy atom. The lowest BCUT2D eigenvalue weighted by Gasteiger charge is -2.22. The Labute approximate surface area is 169 Å². The van der Waals surface area contributed by atoms with Gasteiger partial charge in [-0.3, -0.25) is 0 Å². The summed E-state index contributed by atoms with van der Waals surface area (Å²) in [5.74, 6) is 2.64. The Morgan fingerprint density at radius 3 is 1.43 bits per heavy atom. The molecule has 0 fully saturated rings.